The number of hydrogen-bond acceptors (Lipinski definition) is 3. The highest BCUT2D eigenvalue weighted by Crippen LogP contribution is 2.20. The second kappa shape index (κ2) is 7.03. The quantitative estimate of drug-likeness (QED) is 0.727. The number of rotatable bonds is 3. The van der Waals surface area contributed by atoms with Crippen molar-refractivity contribution in [2.75, 3.05) is 5.32 Å². The van der Waals surface area contributed by atoms with E-state index in [1.807, 2.05) is 13.0 Å². The minimum Gasteiger partial charge on any atom is -0.478 e. The van der Waals surface area contributed by atoms with Crippen LogP contribution in [0.1, 0.15) is 19.4 Å². The van der Waals surface area contributed by atoms with Crippen molar-refractivity contribution < 1.29 is 19.5 Å². The number of benzene rings is 1. The van der Waals surface area contributed by atoms with Gasteiger partial charge in [-0.15, -0.1) is 0 Å². The lowest BCUT2D eigenvalue weighted by molar-refractivity contribution is -0.133. The number of carbonyl (C=O) groups excluding carboxylic acids is 2. The number of halogens is 1. The topological polar surface area (TPSA) is 95.5 Å². The number of aryl methyl sites for hydroxylation is 1. The largest absolute Gasteiger partial charge is 0.478 e. The number of hydrogen-bond donors (Lipinski definition) is 3. The Balaban J connectivity index is 2.79. The molecule has 112 valence electrons. The van der Waals surface area contributed by atoms with Crippen LogP contribution in [0.4, 0.5) is 10.5 Å². The van der Waals surface area contributed by atoms with Crippen molar-refractivity contribution in [3.05, 3.63) is 39.4 Å². The molecule has 1 rings (SSSR count). The van der Waals surface area contributed by atoms with Gasteiger partial charge in [0.25, 0.3) is 5.91 Å². The standard InChI is InChI=1S/C14H15BrN2O4/c1-7-4-5-10(15)6-11(7)16-14(21)17-12(18)8(2)9(3)13(19)20/h4-6H,1-3H3,(H,19,20)(H2,16,17,18,21). The van der Waals surface area contributed by atoms with Gasteiger partial charge >= 0.3 is 12.0 Å². The fraction of sp³-hybridized carbons (Fsp3) is 0.214. The summed E-state index contributed by atoms with van der Waals surface area (Å²) >= 11 is 3.28. The molecule has 0 unspecified atom stereocenters. The second-order valence-electron chi connectivity index (χ2n) is 4.42. The van der Waals surface area contributed by atoms with Gasteiger partial charge in [-0.25, -0.2) is 9.59 Å². The Labute approximate surface area is 130 Å². The molecule has 0 atom stereocenters. The highest BCUT2D eigenvalue weighted by Gasteiger charge is 2.15. The molecule has 0 aromatic heterocycles. The van der Waals surface area contributed by atoms with Crippen molar-refractivity contribution in [2.45, 2.75) is 20.8 Å². The number of imide groups is 1. The summed E-state index contributed by atoms with van der Waals surface area (Å²) in [6, 6.07) is 4.61. The summed E-state index contributed by atoms with van der Waals surface area (Å²) in [5.41, 5.74) is 1.24. The van der Waals surface area contributed by atoms with Gasteiger partial charge in [0.1, 0.15) is 0 Å². The maximum Gasteiger partial charge on any atom is 0.331 e. The van der Waals surface area contributed by atoms with Crippen LogP contribution in [0.25, 0.3) is 0 Å². The molecule has 7 heteroatoms. The van der Waals surface area contributed by atoms with E-state index in [0.717, 1.165) is 10.0 Å². The molecule has 0 bridgehead atoms. The third kappa shape index (κ3) is 4.71. The van der Waals surface area contributed by atoms with Crippen LogP contribution in [0.3, 0.4) is 0 Å². The molecular weight excluding hydrogens is 340 g/mol. The van der Waals surface area contributed by atoms with Crippen LogP contribution in [0, 0.1) is 6.92 Å². The van der Waals surface area contributed by atoms with Gasteiger partial charge in [-0.1, -0.05) is 22.0 Å². The Kier molecular flexibility index (Phi) is 5.66. The van der Waals surface area contributed by atoms with Gasteiger partial charge in [-0.3, -0.25) is 10.1 Å². The SMILES string of the molecule is CC(C(=O)O)=C(C)C(=O)NC(=O)Nc1cc(Br)ccc1C. The smallest absolute Gasteiger partial charge is 0.331 e. The van der Waals surface area contributed by atoms with Crippen molar-refractivity contribution in [3.8, 4) is 0 Å². The van der Waals surface area contributed by atoms with Gasteiger partial charge in [-0.05, 0) is 38.5 Å². The Morgan fingerprint density at radius 3 is 2.33 bits per heavy atom. The van der Waals surface area contributed by atoms with Crippen molar-refractivity contribution in [1.29, 1.82) is 0 Å². The normalized spacial score (nSPS) is 11.4. The van der Waals surface area contributed by atoms with Gasteiger partial charge in [-0.2, -0.15) is 0 Å². The van der Waals surface area contributed by atoms with E-state index in [9.17, 15) is 14.4 Å². The first-order valence-corrected chi connectivity index (χ1v) is 6.81. The fourth-order valence-electron chi connectivity index (χ4n) is 1.41. The van der Waals surface area contributed by atoms with Gasteiger partial charge in [0.05, 0.1) is 0 Å². The summed E-state index contributed by atoms with van der Waals surface area (Å²) in [7, 11) is 0. The zero-order valence-corrected chi connectivity index (χ0v) is 13.4. The number of urea groups is 1. The van der Waals surface area contributed by atoms with E-state index in [1.54, 1.807) is 12.1 Å². The van der Waals surface area contributed by atoms with Crippen LogP contribution in [-0.2, 0) is 9.59 Å². The highest BCUT2D eigenvalue weighted by atomic mass is 79.9. The average Bonchev–Trinajstić information content (AvgIpc) is 2.40. The number of carboxylic acids is 1. The fourth-order valence-corrected chi connectivity index (χ4v) is 1.77. The lowest BCUT2D eigenvalue weighted by Gasteiger charge is -2.10. The van der Waals surface area contributed by atoms with Crippen LogP contribution >= 0.6 is 15.9 Å². The van der Waals surface area contributed by atoms with Crippen LogP contribution in [0.5, 0.6) is 0 Å². The van der Waals surface area contributed by atoms with E-state index in [4.69, 9.17) is 5.11 Å². The van der Waals surface area contributed by atoms with E-state index in [2.05, 4.69) is 26.6 Å². The number of carboxylic acid groups (broad SMARTS) is 1. The first-order chi connectivity index (χ1) is 9.72. The van der Waals surface area contributed by atoms with E-state index in [0.29, 0.717) is 5.69 Å². The first-order valence-electron chi connectivity index (χ1n) is 6.01. The molecule has 0 aliphatic carbocycles. The van der Waals surface area contributed by atoms with Crippen LogP contribution < -0.4 is 10.6 Å². The van der Waals surface area contributed by atoms with Gasteiger partial charge in [0, 0.05) is 21.3 Å². The summed E-state index contributed by atoms with van der Waals surface area (Å²) < 4.78 is 0.785. The van der Waals surface area contributed by atoms with Crippen molar-refractivity contribution in [3.63, 3.8) is 0 Å². The predicted molar refractivity (Wildman–Crippen MR) is 82.1 cm³/mol. The number of aliphatic carboxylic acids is 1. The van der Waals surface area contributed by atoms with Crippen LogP contribution in [0.15, 0.2) is 33.8 Å². The molecule has 0 spiro atoms. The van der Waals surface area contributed by atoms with Crippen molar-refractivity contribution in [2.24, 2.45) is 0 Å². The molecular formula is C14H15BrN2O4. The minimum atomic E-state index is -1.20. The maximum atomic E-state index is 11.8. The Morgan fingerprint density at radius 2 is 1.76 bits per heavy atom. The molecule has 1 aromatic rings. The highest BCUT2D eigenvalue weighted by molar-refractivity contribution is 9.10. The van der Waals surface area contributed by atoms with Gasteiger partial charge in [0.2, 0.25) is 0 Å². The van der Waals surface area contributed by atoms with E-state index < -0.39 is 17.9 Å². The molecule has 0 saturated carbocycles. The van der Waals surface area contributed by atoms with E-state index >= 15 is 0 Å². The summed E-state index contributed by atoms with van der Waals surface area (Å²) in [6.45, 7) is 4.45. The number of anilines is 1. The summed E-state index contributed by atoms with van der Waals surface area (Å²) in [5, 5.41) is 13.4. The number of carbonyl (C=O) groups is 3. The molecule has 0 aliphatic rings. The summed E-state index contributed by atoms with van der Waals surface area (Å²) in [6.07, 6.45) is 0. The Morgan fingerprint density at radius 1 is 1.14 bits per heavy atom. The maximum absolute atomic E-state index is 11.8. The molecule has 3 amide bonds. The van der Waals surface area contributed by atoms with Gasteiger partial charge in [0.15, 0.2) is 0 Å². The van der Waals surface area contributed by atoms with Crippen molar-refractivity contribution in [1.82, 2.24) is 5.32 Å². The third-order valence-corrected chi connectivity index (χ3v) is 3.39. The van der Waals surface area contributed by atoms with Gasteiger partial charge < -0.3 is 10.4 Å². The first kappa shape index (κ1) is 16.9. The number of amides is 3. The lowest BCUT2D eigenvalue weighted by atomic mass is 10.1. The van der Waals surface area contributed by atoms with E-state index in [1.165, 1.54) is 13.8 Å². The molecule has 0 aliphatic heterocycles. The molecule has 3 N–H and O–H groups in total. The summed E-state index contributed by atoms with van der Waals surface area (Å²) in [5.74, 6) is -1.95. The molecule has 1 aromatic carbocycles. The second-order valence-corrected chi connectivity index (χ2v) is 5.34. The molecule has 6 nitrogen and oxygen atoms in total. The predicted octanol–water partition coefficient (Wildman–Crippen LogP) is 2.83. The third-order valence-electron chi connectivity index (χ3n) is 2.90. The number of nitrogens with one attached hydrogen (secondary N) is 2. The zero-order valence-electron chi connectivity index (χ0n) is 11.8. The summed E-state index contributed by atoms with van der Waals surface area (Å²) in [4.78, 5) is 34.3. The van der Waals surface area contributed by atoms with Crippen molar-refractivity contribution >= 4 is 39.5 Å². The van der Waals surface area contributed by atoms with Crippen LogP contribution in [0.2, 0.25) is 0 Å². The monoisotopic (exact) mass is 354 g/mol. The molecule has 0 heterocycles. The molecule has 21 heavy (non-hydrogen) atoms. The molecule has 0 saturated heterocycles. The zero-order chi connectivity index (χ0) is 16.2. The Bertz CT molecular complexity index is 638. The van der Waals surface area contributed by atoms with Crippen LogP contribution in [-0.4, -0.2) is 23.0 Å². The minimum absolute atomic E-state index is 0.0244. The lowest BCUT2D eigenvalue weighted by Crippen LogP contribution is -2.35. The Hall–Kier alpha value is -2.15. The average molecular weight is 355 g/mol. The molecule has 0 fully saturated rings. The molecule has 0 radical (unpaired) electrons. The van der Waals surface area contributed by atoms with E-state index in [-0.39, 0.29) is 11.1 Å².